The lowest BCUT2D eigenvalue weighted by atomic mass is 10.1. The predicted molar refractivity (Wildman–Crippen MR) is 103 cm³/mol. The molecule has 0 saturated heterocycles. The van der Waals surface area contributed by atoms with Gasteiger partial charge in [-0.15, -0.1) is 0 Å². The number of hydrogen-bond acceptors (Lipinski definition) is 6. The molecule has 0 aliphatic carbocycles. The molecule has 0 aliphatic rings. The third-order valence-electron chi connectivity index (χ3n) is 4.07. The molecule has 31 heavy (non-hydrogen) atoms. The van der Waals surface area contributed by atoms with Crippen molar-refractivity contribution < 1.29 is 30.8 Å². The topological polar surface area (TPSA) is 94.3 Å². The number of carbonyl (C=O) groups is 1. The van der Waals surface area contributed by atoms with Crippen LogP contribution in [-0.4, -0.2) is 34.8 Å². The van der Waals surface area contributed by atoms with Gasteiger partial charge in [0.1, 0.15) is 11.5 Å². The summed E-state index contributed by atoms with van der Waals surface area (Å²) < 4.78 is 77.9. The van der Waals surface area contributed by atoms with E-state index in [9.17, 15) is 30.8 Å². The van der Waals surface area contributed by atoms with E-state index < -0.39 is 43.3 Å². The average molecular weight is 474 g/mol. The zero-order valence-electron chi connectivity index (χ0n) is 16.0. The molecule has 13 heteroatoms. The average Bonchev–Trinajstić information content (AvgIpc) is 3.08. The smallest absolute Gasteiger partial charge is 0.265 e. The van der Waals surface area contributed by atoms with Crippen molar-refractivity contribution in [1.82, 2.24) is 14.8 Å². The summed E-state index contributed by atoms with van der Waals surface area (Å²) in [5, 5.41) is 2.06. The molecule has 0 spiro atoms. The van der Waals surface area contributed by atoms with E-state index in [4.69, 9.17) is 0 Å². The molecule has 2 aromatic heterocycles. The van der Waals surface area contributed by atoms with Crippen molar-refractivity contribution in [2.75, 3.05) is 5.75 Å². The first-order chi connectivity index (χ1) is 14.4. The molecule has 0 saturated carbocycles. The van der Waals surface area contributed by atoms with E-state index in [2.05, 4.69) is 15.1 Å². The van der Waals surface area contributed by atoms with Crippen LogP contribution < -0.4 is 4.80 Å². The van der Waals surface area contributed by atoms with E-state index >= 15 is 0 Å². The van der Waals surface area contributed by atoms with Crippen molar-refractivity contribution >= 4 is 27.1 Å². The standard InChI is InChI=1S/C18H14F4N4O3S2/c1-3-31(28,29)13-8-11(10-5-4-6-12(19)7-10)9-23-14(13)15(27)24-17-26(2)25-16(30-17)18(20,21)22/h4-9H,3H2,1-2H3. The molecule has 0 fully saturated rings. The number of sulfone groups is 1. The third-order valence-corrected chi connectivity index (χ3v) is 6.86. The number of halogens is 4. The number of amides is 1. The van der Waals surface area contributed by atoms with Crippen LogP contribution in [-0.2, 0) is 23.1 Å². The van der Waals surface area contributed by atoms with Gasteiger partial charge in [-0.1, -0.05) is 30.4 Å². The van der Waals surface area contributed by atoms with Gasteiger partial charge < -0.3 is 0 Å². The Bertz CT molecular complexity index is 1330. The molecule has 0 atom stereocenters. The van der Waals surface area contributed by atoms with Crippen LogP contribution in [0.25, 0.3) is 11.1 Å². The second-order valence-corrected chi connectivity index (χ2v) is 9.42. The largest absolute Gasteiger partial charge is 0.445 e. The predicted octanol–water partition coefficient (Wildman–Crippen LogP) is 3.24. The molecule has 3 rings (SSSR count). The van der Waals surface area contributed by atoms with Gasteiger partial charge in [0.15, 0.2) is 9.84 Å². The Labute approximate surface area is 177 Å². The highest BCUT2D eigenvalue weighted by atomic mass is 32.2. The monoisotopic (exact) mass is 474 g/mol. The molecule has 1 amide bonds. The molecule has 0 bridgehead atoms. The first-order valence-corrected chi connectivity index (χ1v) is 11.1. The lowest BCUT2D eigenvalue weighted by Gasteiger charge is -2.09. The second kappa shape index (κ2) is 8.30. The lowest BCUT2D eigenvalue weighted by molar-refractivity contribution is -0.138. The van der Waals surface area contributed by atoms with Crippen molar-refractivity contribution in [3.8, 4) is 11.1 Å². The van der Waals surface area contributed by atoms with Crippen LogP contribution in [0.3, 0.4) is 0 Å². The van der Waals surface area contributed by atoms with Gasteiger partial charge in [-0.25, -0.2) is 22.5 Å². The number of carbonyl (C=O) groups excluding carboxylic acids is 1. The maximum Gasteiger partial charge on any atom is 0.445 e. The summed E-state index contributed by atoms with van der Waals surface area (Å²) >= 11 is 0.131. The van der Waals surface area contributed by atoms with Gasteiger partial charge in [-0.05, 0) is 23.8 Å². The Balaban J connectivity index is 2.15. The quantitative estimate of drug-likeness (QED) is 0.541. The summed E-state index contributed by atoms with van der Waals surface area (Å²) in [6, 6.07) is 6.50. The number of aryl methyl sites for hydroxylation is 1. The van der Waals surface area contributed by atoms with Crippen LogP contribution in [0, 0.1) is 5.82 Å². The van der Waals surface area contributed by atoms with Crippen LogP contribution in [0.1, 0.15) is 22.4 Å². The number of aromatic nitrogens is 3. The molecule has 3 aromatic rings. The third kappa shape index (κ3) is 4.88. The van der Waals surface area contributed by atoms with E-state index in [1.165, 1.54) is 44.4 Å². The van der Waals surface area contributed by atoms with Crippen molar-refractivity contribution in [1.29, 1.82) is 0 Å². The Morgan fingerprint density at radius 1 is 1.23 bits per heavy atom. The molecule has 0 aliphatic heterocycles. The van der Waals surface area contributed by atoms with Crippen molar-refractivity contribution in [3.05, 3.63) is 57.8 Å². The van der Waals surface area contributed by atoms with Crippen LogP contribution in [0.5, 0.6) is 0 Å². The zero-order chi connectivity index (χ0) is 23.0. The van der Waals surface area contributed by atoms with Crippen LogP contribution in [0.4, 0.5) is 17.6 Å². The minimum atomic E-state index is -4.72. The van der Waals surface area contributed by atoms with E-state index in [1.54, 1.807) is 0 Å². The Morgan fingerprint density at radius 2 is 1.94 bits per heavy atom. The van der Waals surface area contributed by atoms with Gasteiger partial charge in [0, 0.05) is 18.8 Å². The number of rotatable bonds is 4. The number of hydrogen-bond donors (Lipinski definition) is 0. The Kier molecular flexibility index (Phi) is 6.09. The molecular weight excluding hydrogens is 460 g/mol. The second-order valence-electron chi connectivity index (χ2n) is 6.21. The highest BCUT2D eigenvalue weighted by Gasteiger charge is 2.35. The summed E-state index contributed by atoms with van der Waals surface area (Å²) in [4.78, 5) is 19.3. The van der Waals surface area contributed by atoms with Gasteiger partial charge in [0.2, 0.25) is 9.81 Å². The first-order valence-electron chi connectivity index (χ1n) is 8.61. The number of pyridine rings is 1. The maximum atomic E-state index is 13.5. The molecule has 1 aromatic carbocycles. The molecule has 2 heterocycles. The Morgan fingerprint density at radius 3 is 2.52 bits per heavy atom. The summed E-state index contributed by atoms with van der Waals surface area (Å²) in [6.07, 6.45) is -3.55. The highest BCUT2D eigenvalue weighted by Crippen LogP contribution is 2.29. The molecule has 0 N–H and O–H groups in total. The summed E-state index contributed by atoms with van der Waals surface area (Å²) in [5.41, 5.74) is 0.0226. The van der Waals surface area contributed by atoms with Gasteiger partial charge in [0.05, 0.1) is 10.6 Å². The van der Waals surface area contributed by atoms with Crippen molar-refractivity contribution in [3.63, 3.8) is 0 Å². The Hall–Kier alpha value is -2.93. The molecular formula is C18H14F4N4O3S2. The fourth-order valence-electron chi connectivity index (χ4n) is 2.53. The minimum absolute atomic E-state index is 0.131. The number of benzene rings is 1. The highest BCUT2D eigenvalue weighted by molar-refractivity contribution is 7.91. The van der Waals surface area contributed by atoms with Gasteiger partial charge in [0.25, 0.3) is 5.91 Å². The molecule has 0 unspecified atom stereocenters. The zero-order valence-corrected chi connectivity index (χ0v) is 17.6. The van der Waals surface area contributed by atoms with Crippen LogP contribution >= 0.6 is 11.3 Å². The van der Waals surface area contributed by atoms with Crippen molar-refractivity contribution in [2.24, 2.45) is 12.0 Å². The van der Waals surface area contributed by atoms with Gasteiger partial charge >= 0.3 is 6.18 Å². The van der Waals surface area contributed by atoms with Gasteiger partial charge in [-0.3, -0.25) is 4.79 Å². The van der Waals surface area contributed by atoms with E-state index in [0.717, 1.165) is 10.7 Å². The van der Waals surface area contributed by atoms with Crippen LogP contribution in [0.15, 0.2) is 46.4 Å². The summed E-state index contributed by atoms with van der Waals surface area (Å²) in [7, 11) is -2.80. The van der Waals surface area contributed by atoms with Crippen LogP contribution in [0.2, 0.25) is 0 Å². The lowest BCUT2D eigenvalue weighted by Crippen LogP contribution is -2.18. The molecule has 164 valence electrons. The SMILES string of the molecule is CCS(=O)(=O)c1cc(-c2cccc(F)c2)cnc1C(=O)N=c1sc(C(F)(F)F)nn1C. The summed E-state index contributed by atoms with van der Waals surface area (Å²) in [5.74, 6) is -2.06. The minimum Gasteiger partial charge on any atom is -0.265 e. The number of alkyl halides is 3. The maximum absolute atomic E-state index is 13.5. The van der Waals surface area contributed by atoms with E-state index in [-0.39, 0.29) is 27.5 Å². The normalized spacial score (nSPS) is 12.9. The van der Waals surface area contributed by atoms with Gasteiger partial charge in [-0.2, -0.15) is 23.3 Å². The fraction of sp³-hybridized carbons (Fsp3) is 0.222. The molecule has 7 nitrogen and oxygen atoms in total. The fourth-order valence-corrected chi connectivity index (χ4v) is 4.33. The van der Waals surface area contributed by atoms with Crippen molar-refractivity contribution in [2.45, 2.75) is 18.0 Å². The van der Waals surface area contributed by atoms with E-state index in [1.807, 2.05) is 0 Å². The first kappa shape index (κ1) is 22.7. The summed E-state index contributed by atoms with van der Waals surface area (Å²) in [6.45, 7) is 1.36. The van der Waals surface area contributed by atoms with E-state index in [0.29, 0.717) is 5.56 Å². The number of nitrogens with zero attached hydrogens (tertiary/aromatic N) is 4. The molecule has 0 radical (unpaired) electrons.